The number of nitrogens with zero attached hydrogens (tertiary/aromatic N) is 1. The lowest BCUT2D eigenvalue weighted by Crippen LogP contribution is -2.48. The molecular formula is C20H15BrCl4N2O3. The van der Waals surface area contributed by atoms with Gasteiger partial charge in [0.25, 0.3) is 11.8 Å². The van der Waals surface area contributed by atoms with Crippen molar-refractivity contribution in [2.45, 2.75) is 26.3 Å². The number of fused-ring (bicyclic) bond motifs is 1. The lowest BCUT2D eigenvalue weighted by Gasteiger charge is -2.26. The van der Waals surface area contributed by atoms with E-state index in [1.165, 1.54) is 0 Å². The number of hydrogen-bond donors (Lipinski definition) is 1. The Morgan fingerprint density at radius 3 is 1.83 bits per heavy atom. The first kappa shape index (κ1) is 23.4. The summed E-state index contributed by atoms with van der Waals surface area (Å²) >= 11 is 27.8. The van der Waals surface area contributed by atoms with Crippen molar-refractivity contribution >= 4 is 85.7 Å². The lowest BCUT2D eigenvalue weighted by molar-refractivity contribution is -0.120. The Hall–Kier alpha value is -1.31. The van der Waals surface area contributed by atoms with Crippen LogP contribution in [0, 0.1) is 5.92 Å². The van der Waals surface area contributed by atoms with E-state index in [4.69, 9.17) is 46.4 Å². The molecule has 1 aliphatic rings. The van der Waals surface area contributed by atoms with Crippen molar-refractivity contribution in [3.05, 3.63) is 60.0 Å². The van der Waals surface area contributed by atoms with Crippen LogP contribution in [0.4, 0.5) is 5.69 Å². The second kappa shape index (κ2) is 9.05. The summed E-state index contributed by atoms with van der Waals surface area (Å²) in [6, 6.07) is 5.84. The molecule has 2 aromatic rings. The molecule has 0 aliphatic carbocycles. The number of amides is 3. The molecule has 30 heavy (non-hydrogen) atoms. The van der Waals surface area contributed by atoms with Gasteiger partial charge in [0.15, 0.2) is 0 Å². The molecule has 0 saturated carbocycles. The summed E-state index contributed by atoms with van der Waals surface area (Å²) in [6.45, 7) is 3.76. The van der Waals surface area contributed by atoms with Crippen molar-refractivity contribution < 1.29 is 14.4 Å². The van der Waals surface area contributed by atoms with Crippen molar-refractivity contribution in [2.24, 2.45) is 5.92 Å². The number of benzene rings is 2. The average molecular weight is 553 g/mol. The summed E-state index contributed by atoms with van der Waals surface area (Å²) in [4.78, 5) is 40.2. The zero-order valence-electron chi connectivity index (χ0n) is 15.7. The molecule has 1 atom stereocenters. The Bertz CT molecular complexity index is 1010. The smallest absolute Gasteiger partial charge is 0.263 e. The van der Waals surface area contributed by atoms with Crippen LogP contribution in [0.3, 0.4) is 0 Å². The number of nitrogens with one attached hydrogen (secondary N) is 1. The molecule has 0 aromatic heterocycles. The van der Waals surface area contributed by atoms with Crippen molar-refractivity contribution in [1.82, 2.24) is 4.90 Å². The summed E-state index contributed by atoms with van der Waals surface area (Å²) in [5.74, 6) is -1.98. The van der Waals surface area contributed by atoms with E-state index in [0.29, 0.717) is 5.69 Å². The van der Waals surface area contributed by atoms with E-state index < -0.39 is 23.8 Å². The third kappa shape index (κ3) is 4.21. The highest BCUT2D eigenvalue weighted by Crippen LogP contribution is 2.45. The second-order valence-corrected chi connectivity index (χ2v) is 9.56. The van der Waals surface area contributed by atoms with E-state index in [0.717, 1.165) is 9.37 Å². The van der Waals surface area contributed by atoms with E-state index in [1.807, 2.05) is 13.8 Å². The van der Waals surface area contributed by atoms with Crippen LogP contribution < -0.4 is 5.32 Å². The van der Waals surface area contributed by atoms with Crippen LogP contribution in [0.25, 0.3) is 0 Å². The van der Waals surface area contributed by atoms with Crippen LogP contribution in [-0.4, -0.2) is 28.7 Å². The summed E-state index contributed by atoms with van der Waals surface area (Å²) in [5.41, 5.74) is 0.230. The van der Waals surface area contributed by atoms with Crippen LogP contribution in [-0.2, 0) is 4.79 Å². The fraction of sp³-hybridized carbons (Fsp3) is 0.250. The van der Waals surface area contributed by atoms with Gasteiger partial charge in [0.2, 0.25) is 5.91 Å². The zero-order valence-corrected chi connectivity index (χ0v) is 20.3. The maximum absolute atomic E-state index is 13.1. The van der Waals surface area contributed by atoms with Gasteiger partial charge in [0.1, 0.15) is 6.04 Å². The minimum Gasteiger partial charge on any atom is -0.324 e. The molecule has 0 radical (unpaired) electrons. The normalized spacial score (nSPS) is 14.3. The summed E-state index contributed by atoms with van der Waals surface area (Å²) in [5, 5.41) is 2.17. The van der Waals surface area contributed by atoms with E-state index in [-0.39, 0.29) is 43.6 Å². The molecule has 158 valence electrons. The fourth-order valence-corrected chi connectivity index (χ4v) is 4.46. The summed E-state index contributed by atoms with van der Waals surface area (Å²) in [6.07, 6.45) is 0.241. The van der Waals surface area contributed by atoms with Gasteiger partial charge in [-0.2, -0.15) is 0 Å². The molecule has 0 unspecified atom stereocenters. The highest BCUT2D eigenvalue weighted by molar-refractivity contribution is 9.10. The van der Waals surface area contributed by atoms with Crippen LogP contribution >= 0.6 is 62.3 Å². The lowest BCUT2D eigenvalue weighted by atomic mass is 10.0. The highest BCUT2D eigenvalue weighted by atomic mass is 79.9. The van der Waals surface area contributed by atoms with Gasteiger partial charge in [0, 0.05) is 10.2 Å². The number of rotatable bonds is 5. The van der Waals surface area contributed by atoms with Crippen LogP contribution in [0.1, 0.15) is 41.0 Å². The molecule has 3 amide bonds. The molecule has 0 fully saturated rings. The van der Waals surface area contributed by atoms with Gasteiger partial charge in [-0.25, -0.2) is 0 Å². The maximum atomic E-state index is 13.1. The Labute approximate surface area is 201 Å². The Kier molecular flexibility index (Phi) is 7.04. The molecule has 0 saturated heterocycles. The SMILES string of the molecule is CC(C)C[C@H](C(=O)Nc1ccc(Br)cc1)N1C(=O)c2c(Cl)c(Cl)c(Cl)c(Cl)c2C1=O. The first-order valence-corrected chi connectivity index (χ1v) is 11.1. The van der Waals surface area contributed by atoms with E-state index in [1.54, 1.807) is 24.3 Å². The topological polar surface area (TPSA) is 66.5 Å². The van der Waals surface area contributed by atoms with Gasteiger partial charge in [-0.1, -0.05) is 76.2 Å². The number of carbonyl (C=O) groups is 3. The second-order valence-electron chi connectivity index (χ2n) is 7.13. The standard InChI is InChI=1S/C20H15BrCl4N2O3/c1-8(2)7-11(18(28)26-10-5-3-9(21)4-6-10)27-19(29)12-13(20(27)30)15(23)17(25)16(24)14(12)22/h3-6,8,11H,7H2,1-2H3,(H,26,28)/t11-/m1/s1. The minimum absolute atomic E-state index is 0.00750. The third-order valence-electron chi connectivity index (χ3n) is 4.55. The monoisotopic (exact) mass is 550 g/mol. The molecule has 1 N–H and O–H groups in total. The number of anilines is 1. The van der Waals surface area contributed by atoms with Gasteiger partial charge in [0.05, 0.1) is 31.2 Å². The van der Waals surface area contributed by atoms with Gasteiger partial charge in [-0.3, -0.25) is 19.3 Å². The number of halogens is 5. The first-order valence-electron chi connectivity index (χ1n) is 8.84. The van der Waals surface area contributed by atoms with Crippen LogP contribution in [0.2, 0.25) is 20.1 Å². The zero-order chi connectivity index (χ0) is 22.3. The van der Waals surface area contributed by atoms with Crippen molar-refractivity contribution in [3.63, 3.8) is 0 Å². The van der Waals surface area contributed by atoms with Gasteiger partial charge >= 0.3 is 0 Å². The predicted molar refractivity (Wildman–Crippen MR) is 123 cm³/mol. The Balaban J connectivity index is 2.02. The predicted octanol–water partition coefficient (Wildman–Crippen LogP) is 6.71. The largest absolute Gasteiger partial charge is 0.324 e. The average Bonchev–Trinajstić information content (AvgIpc) is 2.95. The van der Waals surface area contributed by atoms with Gasteiger partial charge in [-0.15, -0.1) is 0 Å². The van der Waals surface area contributed by atoms with E-state index >= 15 is 0 Å². The molecule has 2 aromatic carbocycles. The number of imide groups is 1. The molecule has 0 bridgehead atoms. The van der Waals surface area contributed by atoms with E-state index in [9.17, 15) is 14.4 Å². The van der Waals surface area contributed by atoms with E-state index in [2.05, 4.69) is 21.2 Å². The van der Waals surface area contributed by atoms with Crippen molar-refractivity contribution in [2.75, 3.05) is 5.32 Å². The summed E-state index contributed by atoms with van der Waals surface area (Å²) in [7, 11) is 0. The fourth-order valence-electron chi connectivity index (χ4n) is 3.18. The molecule has 1 heterocycles. The molecule has 10 heteroatoms. The van der Waals surface area contributed by atoms with Gasteiger partial charge in [-0.05, 0) is 36.6 Å². The molecular weight excluding hydrogens is 538 g/mol. The summed E-state index contributed by atoms with van der Waals surface area (Å²) < 4.78 is 0.845. The van der Waals surface area contributed by atoms with Gasteiger partial charge < -0.3 is 5.32 Å². The Morgan fingerprint density at radius 1 is 0.933 bits per heavy atom. The molecule has 5 nitrogen and oxygen atoms in total. The number of hydrogen-bond acceptors (Lipinski definition) is 3. The maximum Gasteiger partial charge on any atom is 0.263 e. The molecule has 0 spiro atoms. The van der Waals surface area contributed by atoms with Crippen LogP contribution in [0.5, 0.6) is 0 Å². The molecule has 3 rings (SSSR count). The van der Waals surface area contributed by atoms with Crippen molar-refractivity contribution in [1.29, 1.82) is 0 Å². The minimum atomic E-state index is -1.08. The number of carbonyl (C=O) groups excluding carboxylic acids is 3. The quantitative estimate of drug-likeness (QED) is 0.255. The van der Waals surface area contributed by atoms with Crippen LogP contribution in [0.15, 0.2) is 28.7 Å². The Morgan fingerprint density at radius 2 is 1.40 bits per heavy atom. The molecule has 1 aliphatic heterocycles. The van der Waals surface area contributed by atoms with Crippen molar-refractivity contribution in [3.8, 4) is 0 Å². The highest BCUT2D eigenvalue weighted by Gasteiger charge is 2.46. The first-order chi connectivity index (χ1) is 14.0. The third-order valence-corrected chi connectivity index (χ3v) is 6.88.